The fraction of sp³-hybridized carbons (Fsp3) is 0. The molecule has 0 fully saturated rings. The Bertz CT molecular complexity index is 781. The smallest absolute Gasteiger partial charge is 0.187 e. The molecule has 0 saturated heterocycles. The molecule has 1 heterocycles. The Kier molecular flexibility index (Phi) is 4.21. The molecule has 2 nitrogen and oxygen atoms in total. The van der Waals surface area contributed by atoms with E-state index in [-0.39, 0.29) is 5.78 Å². The fourth-order valence-corrected chi connectivity index (χ4v) is 2.13. The maximum atomic E-state index is 12.1. The van der Waals surface area contributed by atoms with Gasteiger partial charge in [0, 0.05) is 11.6 Å². The van der Waals surface area contributed by atoms with E-state index in [0.717, 1.165) is 11.3 Å². The van der Waals surface area contributed by atoms with Crippen LogP contribution < -0.4 is 0 Å². The van der Waals surface area contributed by atoms with E-state index in [4.69, 9.17) is 0 Å². The molecule has 0 bridgehead atoms. The largest absolute Gasteiger partial charge is 0.289 e. The van der Waals surface area contributed by atoms with Gasteiger partial charge in [0.25, 0.3) is 0 Å². The molecule has 1 aliphatic heterocycles. The standard InChI is InChI=1S/C20H15NO/c22-20(17-9-5-2-6-10-17)15-19-14-13-18(21-19)12-11-16-7-3-1-4-8-16/h1-15H. The first-order chi connectivity index (χ1) is 10.8. The predicted molar refractivity (Wildman–Crippen MR) is 90.9 cm³/mol. The Labute approximate surface area is 129 Å². The Balaban J connectivity index is 1.72. The number of aliphatic imine (C=N–C) groups is 1. The van der Waals surface area contributed by atoms with Crippen LogP contribution in [0.1, 0.15) is 15.9 Å². The number of hydrogen-bond acceptors (Lipinski definition) is 2. The van der Waals surface area contributed by atoms with Gasteiger partial charge in [-0.2, -0.15) is 0 Å². The second kappa shape index (κ2) is 6.64. The lowest BCUT2D eigenvalue weighted by molar-refractivity contribution is 0.104. The summed E-state index contributed by atoms with van der Waals surface area (Å²) in [6.45, 7) is 0. The average molecular weight is 285 g/mol. The van der Waals surface area contributed by atoms with Crippen LogP contribution in [0.5, 0.6) is 0 Å². The van der Waals surface area contributed by atoms with Gasteiger partial charge >= 0.3 is 0 Å². The minimum atomic E-state index is -0.0303. The molecule has 0 radical (unpaired) electrons. The molecule has 3 rings (SSSR count). The molecule has 0 amide bonds. The first-order valence-corrected chi connectivity index (χ1v) is 7.12. The number of carbonyl (C=O) groups is 1. The Hall–Kier alpha value is -3.00. The first-order valence-electron chi connectivity index (χ1n) is 7.12. The molecule has 0 unspecified atom stereocenters. The maximum absolute atomic E-state index is 12.1. The molecule has 0 N–H and O–H groups in total. The highest BCUT2D eigenvalue weighted by Crippen LogP contribution is 2.13. The molecule has 0 spiro atoms. The van der Waals surface area contributed by atoms with Crippen LogP contribution in [0, 0.1) is 0 Å². The zero-order valence-electron chi connectivity index (χ0n) is 12.0. The monoisotopic (exact) mass is 285 g/mol. The Morgan fingerprint density at radius 3 is 2.23 bits per heavy atom. The summed E-state index contributed by atoms with van der Waals surface area (Å²) in [5.74, 6) is -0.0303. The lowest BCUT2D eigenvalue weighted by Crippen LogP contribution is -1.94. The van der Waals surface area contributed by atoms with Crippen molar-refractivity contribution in [3.05, 3.63) is 102 Å². The van der Waals surface area contributed by atoms with Gasteiger partial charge < -0.3 is 0 Å². The average Bonchev–Trinajstić information content (AvgIpc) is 3.02. The Morgan fingerprint density at radius 1 is 0.818 bits per heavy atom. The summed E-state index contributed by atoms with van der Waals surface area (Å²) in [4.78, 5) is 16.5. The highest BCUT2D eigenvalue weighted by atomic mass is 16.1. The molecule has 0 saturated carbocycles. The van der Waals surface area contributed by atoms with Crippen LogP contribution in [0.3, 0.4) is 0 Å². The van der Waals surface area contributed by atoms with Crippen LogP contribution in [0.4, 0.5) is 0 Å². The van der Waals surface area contributed by atoms with Gasteiger partial charge in [-0.15, -0.1) is 0 Å². The molecule has 0 atom stereocenters. The van der Waals surface area contributed by atoms with Crippen LogP contribution in [0.15, 0.2) is 95.7 Å². The molecule has 106 valence electrons. The predicted octanol–water partition coefficient (Wildman–Crippen LogP) is 4.48. The van der Waals surface area contributed by atoms with E-state index >= 15 is 0 Å². The van der Waals surface area contributed by atoms with Gasteiger partial charge in [-0.3, -0.25) is 4.79 Å². The topological polar surface area (TPSA) is 29.4 Å². The van der Waals surface area contributed by atoms with Crippen LogP contribution in [0.25, 0.3) is 6.08 Å². The third kappa shape index (κ3) is 3.55. The highest BCUT2D eigenvalue weighted by Gasteiger charge is 2.06. The van der Waals surface area contributed by atoms with Gasteiger partial charge in [-0.05, 0) is 23.8 Å². The van der Waals surface area contributed by atoms with Crippen LogP contribution in [0.2, 0.25) is 0 Å². The third-order valence-electron chi connectivity index (χ3n) is 3.27. The molecule has 2 heteroatoms. The highest BCUT2D eigenvalue weighted by molar-refractivity contribution is 6.11. The van der Waals surface area contributed by atoms with E-state index in [1.165, 1.54) is 0 Å². The van der Waals surface area contributed by atoms with Crippen LogP contribution in [-0.4, -0.2) is 11.5 Å². The molecule has 22 heavy (non-hydrogen) atoms. The second-order valence-corrected chi connectivity index (χ2v) is 4.91. The van der Waals surface area contributed by atoms with E-state index < -0.39 is 0 Å². The molecule has 0 aliphatic carbocycles. The maximum Gasteiger partial charge on any atom is 0.187 e. The van der Waals surface area contributed by atoms with E-state index in [9.17, 15) is 4.79 Å². The summed E-state index contributed by atoms with van der Waals surface area (Å²) < 4.78 is 0. The van der Waals surface area contributed by atoms with Gasteiger partial charge in [0.05, 0.1) is 11.4 Å². The number of rotatable bonds is 4. The molecular formula is C20H15NO. The summed E-state index contributed by atoms with van der Waals surface area (Å²) in [7, 11) is 0. The quantitative estimate of drug-likeness (QED) is 0.601. The molecular weight excluding hydrogens is 270 g/mol. The van der Waals surface area contributed by atoms with E-state index in [1.54, 1.807) is 18.2 Å². The number of allylic oxidation sites excluding steroid dienone is 4. The summed E-state index contributed by atoms with van der Waals surface area (Å²) in [5.41, 5.74) is 3.32. The molecule has 1 aliphatic rings. The SMILES string of the molecule is O=C(C=C1C=CC(C=Cc2ccccc2)=N1)c1ccccc1. The van der Waals surface area contributed by atoms with Gasteiger partial charge in [-0.1, -0.05) is 66.7 Å². The van der Waals surface area contributed by atoms with E-state index in [0.29, 0.717) is 11.3 Å². The van der Waals surface area contributed by atoms with Crippen molar-refractivity contribution in [2.24, 2.45) is 4.99 Å². The number of nitrogens with zero attached hydrogens (tertiary/aromatic N) is 1. The Morgan fingerprint density at radius 2 is 1.50 bits per heavy atom. The van der Waals surface area contributed by atoms with E-state index in [2.05, 4.69) is 4.99 Å². The van der Waals surface area contributed by atoms with Crippen LogP contribution >= 0.6 is 0 Å². The van der Waals surface area contributed by atoms with Gasteiger partial charge in [0.1, 0.15) is 0 Å². The van der Waals surface area contributed by atoms with Gasteiger partial charge in [0.2, 0.25) is 0 Å². The van der Waals surface area contributed by atoms with Crippen molar-refractivity contribution < 1.29 is 4.79 Å². The summed E-state index contributed by atoms with van der Waals surface area (Å²) >= 11 is 0. The summed E-state index contributed by atoms with van der Waals surface area (Å²) in [5, 5.41) is 0. The van der Waals surface area contributed by atoms with Crippen LogP contribution in [-0.2, 0) is 0 Å². The zero-order valence-corrected chi connectivity index (χ0v) is 12.0. The summed E-state index contributed by atoms with van der Waals surface area (Å²) in [6, 6.07) is 19.3. The van der Waals surface area contributed by atoms with Crippen molar-refractivity contribution in [3.8, 4) is 0 Å². The number of ketones is 1. The lowest BCUT2D eigenvalue weighted by Gasteiger charge is -1.95. The lowest BCUT2D eigenvalue weighted by atomic mass is 10.1. The molecule has 2 aromatic rings. The number of benzene rings is 2. The van der Waals surface area contributed by atoms with E-state index in [1.807, 2.05) is 72.8 Å². The minimum absolute atomic E-state index is 0.0303. The molecule has 2 aromatic carbocycles. The number of hydrogen-bond donors (Lipinski definition) is 0. The van der Waals surface area contributed by atoms with Crippen molar-refractivity contribution >= 4 is 17.6 Å². The fourth-order valence-electron chi connectivity index (χ4n) is 2.13. The van der Waals surface area contributed by atoms with Crippen molar-refractivity contribution in [1.82, 2.24) is 0 Å². The van der Waals surface area contributed by atoms with Crippen molar-refractivity contribution in [2.75, 3.05) is 0 Å². The zero-order chi connectivity index (χ0) is 15.2. The number of carbonyl (C=O) groups excluding carboxylic acids is 1. The van der Waals surface area contributed by atoms with Gasteiger partial charge in [-0.25, -0.2) is 4.99 Å². The first kappa shape index (κ1) is 14.0. The van der Waals surface area contributed by atoms with Crippen molar-refractivity contribution in [3.63, 3.8) is 0 Å². The minimum Gasteiger partial charge on any atom is -0.289 e. The second-order valence-electron chi connectivity index (χ2n) is 4.91. The molecule has 0 aromatic heterocycles. The third-order valence-corrected chi connectivity index (χ3v) is 3.27. The van der Waals surface area contributed by atoms with Crippen molar-refractivity contribution in [2.45, 2.75) is 0 Å². The van der Waals surface area contributed by atoms with Gasteiger partial charge in [0.15, 0.2) is 5.78 Å². The normalized spacial score (nSPS) is 15.5. The summed E-state index contributed by atoms with van der Waals surface area (Å²) in [6.07, 6.45) is 9.27. The van der Waals surface area contributed by atoms with Crippen molar-refractivity contribution in [1.29, 1.82) is 0 Å².